The monoisotopic (exact) mass is 292 g/mol. The molecule has 22 heavy (non-hydrogen) atoms. The minimum Gasteiger partial charge on any atom is -0.343 e. The van der Waals surface area contributed by atoms with Crippen LogP contribution in [0.15, 0.2) is 48.5 Å². The molecular formula is C20H24N2. The van der Waals surface area contributed by atoms with Crippen molar-refractivity contribution >= 4 is 10.9 Å². The van der Waals surface area contributed by atoms with Crippen LogP contribution >= 0.6 is 0 Å². The van der Waals surface area contributed by atoms with E-state index in [1.54, 1.807) is 0 Å². The van der Waals surface area contributed by atoms with Crippen molar-refractivity contribution in [3.8, 4) is 11.3 Å². The number of hydrogen-bond donors (Lipinski definition) is 1. The van der Waals surface area contributed by atoms with Crippen molar-refractivity contribution in [3.63, 3.8) is 0 Å². The van der Waals surface area contributed by atoms with E-state index in [4.69, 9.17) is 5.73 Å². The Labute approximate surface area is 132 Å². The minimum atomic E-state index is 0.175. The zero-order valence-corrected chi connectivity index (χ0v) is 13.9. The van der Waals surface area contributed by atoms with E-state index in [1.165, 1.54) is 33.3 Å². The number of aromatic nitrogens is 1. The number of benzene rings is 2. The van der Waals surface area contributed by atoms with E-state index in [9.17, 15) is 0 Å². The van der Waals surface area contributed by atoms with Crippen LogP contribution in [0.4, 0.5) is 0 Å². The van der Waals surface area contributed by atoms with Gasteiger partial charge in [0.1, 0.15) is 0 Å². The third kappa shape index (κ3) is 2.34. The van der Waals surface area contributed by atoms with Gasteiger partial charge >= 0.3 is 0 Å². The molecule has 0 aliphatic carbocycles. The van der Waals surface area contributed by atoms with Gasteiger partial charge in [0.15, 0.2) is 0 Å². The van der Waals surface area contributed by atoms with E-state index < -0.39 is 0 Å². The van der Waals surface area contributed by atoms with Gasteiger partial charge in [-0.1, -0.05) is 63.2 Å². The van der Waals surface area contributed by atoms with Gasteiger partial charge in [-0.15, -0.1) is 0 Å². The molecule has 0 radical (unpaired) electrons. The predicted molar refractivity (Wildman–Crippen MR) is 94.9 cm³/mol. The molecule has 114 valence electrons. The van der Waals surface area contributed by atoms with Crippen LogP contribution in [-0.2, 0) is 19.0 Å². The summed E-state index contributed by atoms with van der Waals surface area (Å²) in [6.45, 7) is 7.27. The van der Waals surface area contributed by atoms with Crippen molar-refractivity contribution in [2.45, 2.75) is 32.7 Å². The van der Waals surface area contributed by atoms with Crippen LogP contribution in [0.5, 0.6) is 0 Å². The molecule has 0 unspecified atom stereocenters. The summed E-state index contributed by atoms with van der Waals surface area (Å²) in [5.41, 5.74) is 12.5. The first-order chi connectivity index (χ1) is 10.4. The molecule has 0 fully saturated rings. The third-order valence-corrected chi connectivity index (χ3v) is 4.44. The maximum atomic E-state index is 6.05. The first kappa shape index (κ1) is 14.9. The van der Waals surface area contributed by atoms with Crippen molar-refractivity contribution in [2.75, 3.05) is 0 Å². The summed E-state index contributed by atoms with van der Waals surface area (Å²) in [7, 11) is 2.12. The van der Waals surface area contributed by atoms with E-state index in [-0.39, 0.29) is 5.41 Å². The highest BCUT2D eigenvalue weighted by molar-refractivity contribution is 5.91. The van der Waals surface area contributed by atoms with Crippen LogP contribution in [0, 0.1) is 0 Å². The predicted octanol–water partition coefficient (Wildman–Crippen LogP) is 4.60. The van der Waals surface area contributed by atoms with Crippen LogP contribution in [-0.4, -0.2) is 4.57 Å². The molecule has 0 bridgehead atoms. The van der Waals surface area contributed by atoms with Crippen LogP contribution in [0.25, 0.3) is 22.2 Å². The zero-order valence-electron chi connectivity index (χ0n) is 13.9. The van der Waals surface area contributed by atoms with Gasteiger partial charge in [0.2, 0.25) is 0 Å². The lowest BCUT2D eigenvalue weighted by Crippen LogP contribution is -2.10. The van der Waals surface area contributed by atoms with Gasteiger partial charge in [-0.3, -0.25) is 0 Å². The fraction of sp³-hybridized carbons (Fsp3) is 0.300. The molecule has 1 heterocycles. The summed E-state index contributed by atoms with van der Waals surface area (Å²) in [4.78, 5) is 0. The van der Waals surface area contributed by atoms with E-state index in [0.29, 0.717) is 6.54 Å². The van der Waals surface area contributed by atoms with Gasteiger partial charge in [-0.25, -0.2) is 0 Å². The largest absolute Gasteiger partial charge is 0.343 e. The number of nitrogens with two attached hydrogens (primary N) is 1. The minimum absolute atomic E-state index is 0.175. The average Bonchev–Trinajstić information content (AvgIpc) is 2.79. The Morgan fingerprint density at radius 3 is 2.18 bits per heavy atom. The number of rotatable bonds is 2. The summed E-state index contributed by atoms with van der Waals surface area (Å²) < 4.78 is 2.25. The Morgan fingerprint density at radius 2 is 1.59 bits per heavy atom. The molecule has 0 saturated carbocycles. The maximum Gasteiger partial charge on any atom is 0.0534 e. The summed E-state index contributed by atoms with van der Waals surface area (Å²) in [6, 6.07) is 17.4. The van der Waals surface area contributed by atoms with E-state index in [0.717, 1.165) is 0 Å². The molecule has 2 N–H and O–H groups in total. The Kier molecular flexibility index (Phi) is 3.57. The van der Waals surface area contributed by atoms with E-state index in [1.807, 2.05) is 0 Å². The fourth-order valence-electron chi connectivity index (χ4n) is 3.17. The quantitative estimate of drug-likeness (QED) is 0.735. The molecule has 0 saturated heterocycles. The summed E-state index contributed by atoms with van der Waals surface area (Å²) in [5.74, 6) is 0. The van der Waals surface area contributed by atoms with Gasteiger partial charge in [-0.2, -0.15) is 0 Å². The van der Waals surface area contributed by atoms with Crippen LogP contribution in [0.2, 0.25) is 0 Å². The Bertz CT molecular complexity index is 802. The van der Waals surface area contributed by atoms with Gasteiger partial charge in [0, 0.05) is 24.5 Å². The van der Waals surface area contributed by atoms with Gasteiger partial charge in [-0.05, 0) is 28.2 Å². The molecule has 2 heteroatoms. The van der Waals surface area contributed by atoms with Crippen molar-refractivity contribution in [1.29, 1.82) is 0 Å². The van der Waals surface area contributed by atoms with Gasteiger partial charge in [0.05, 0.1) is 5.69 Å². The normalized spacial score (nSPS) is 12.0. The molecule has 3 rings (SSSR count). The lowest BCUT2D eigenvalue weighted by molar-refractivity contribution is 0.590. The lowest BCUT2D eigenvalue weighted by atomic mass is 9.86. The molecule has 1 aromatic heterocycles. The molecule has 0 atom stereocenters. The second-order valence-corrected chi connectivity index (χ2v) is 6.93. The first-order valence-corrected chi connectivity index (χ1v) is 7.80. The van der Waals surface area contributed by atoms with Gasteiger partial charge in [0.25, 0.3) is 0 Å². The SMILES string of the molecule is Cn1c(-c2ccc(C(C)(C)C)cc2)c(CN)c2ccccc21. The third-order valence-electron chi connectivity index (χ3n) is 4.44. The highest BCUT2D eigenvalue weighted by Crippen LogP contribution is 2.33. The van der Waals surface area contributed by atoms with E-state index in [2.05, 4.69) is 80.9 Å². The number of fused-ring (bicyclic) bond motifs is 1. The molecule has 0 spiro atoms. The number of aryl methyl sites for hydroxylation is 1. The van der Waals surface area contributed by atoms with Crippen LogP contribution < -0.4 is 5.73 Å². The van der Waals surface area contributed by atoms with Crippen LogP contribution in [0.1, 0.15) is 31.9 Å². The standard InChI is InChI=1S/C20H24N2/c1-20(2,3)15-11-9-14(10-12-15)19-17(13-21)16-7-5-6-8-18(16)22(19)4/h5-12H,13,21H2,1-4H3. The highest BCUT2D eigenvalue weighted by Gasteiger charge is 2.17. The summed E-state index contributed by atoms with van der Waals surface area (Å²) >= 11 is 0. The smallest absolute Gasteiger partial charge is 0.0534 e. The molecule has 0 aliphatic heterocycles. The van der Waals surface area contributed by atoms with Crippen LogP contribution in [0.3, 0.4) is 0 Å². The zero-order chi connectivity index (χ0) is 15.9. The van der Waals surface area contributed by atoms with Crippen molar-refractivity contribution in [2.24, 2.45) is 12.8 Å². The Balaban J connectivity index is 2.20. The lowest BCUT2D eigenvalue weighted by Gasteiger charge is -2.19. The fourth-order valence-corrected chi connectivity index (χ4v) is 3.17. The molecule has 0 aliphatic rings. The second-order valence-electron chi connectivity index (χ2n) is 6.93. The van der Waals surface area contributed by atoms with Crippen molar-refractivity contribution in [1.82, 2.24) is 4.57 Å². The second kappa shape index (κ2) is 5.29. The Hall–Kier alpha value is -2.06. The van der Waals surface area contributed by atoms with Crippen molar-refractivity contribution in [3.05, 3.63) is 59.7 Å². The Morgan fingerprint density at radius 1 is 0.955 bits per heavy atom. The topological polar surface area (TPSA) is 30.9 Å². The number of hydrogen-bond acceptors (Lipinski definition) is 1. The van der Waals surface area contributed by atoms with Gasteiger partial charge < -0.3 is 10.3 Å². The average molecular weight is 292 g/mol. The summed E-state index contributed by atoms with van der Waals surface area (Å²) in [6.07, 6.45) is 0. The van der Waals surface area contributed by atoms with Crippen molar-refractivity contribution < 1.29 is 0 Å². The molecule has 0 amide bonds. The maximum absolute atomic E-state index is 6.05. The molecular weight excluding hydrogens is 268 g/mol. The molecule has 2 aromatic carbocycles. The number of nitrogens with zero attached hydrogens (tertiary/aromatic N) is 1. The number of para-hydroxylation sites is 1. The molecule has 2 nitrogen and oxygen atoms in total. The first-order valence-electron chi connectivity index (χ1n) is 7.80. The molecule has 3 aromatic rings. The summed E-state index contributed by atoms with van der Waals surface area (Å²) in [5, 5.41) is 1.25. The highest BCUT2D eigenvalue weighted by atomic mass is 15.0. The van der Waals surface area contributed by atoms with E-state index >= 15 is 0 Å².